The Morgan fingerprint density at radius 1 is 1.13 bits per heavy atom. The van der Waals surface area contributed by atoms with E-state index < -0.39 is 0 Å². The minimum absolute atomic E-state index is 0.0301. The second-order valence-electron chi connectivity index (χ2n) is 8.20. The van der Waals surface area contributed by atoms with E-state index in [0.29, 0.717) is 37.8 Å². The van der Waals surface area contributed by atoms with E-state index in [0.717, 1.165) is 31.9 Å². The molecular weight excluding hydrogens is 380 g/mol. The number of piperazine rings is 1. The molecule has 1 N–H and O–H groups in total. The van der Waals surface area contributed by atoms with Gasteiger partial charge in [0.15, 0.2) is 0 Å². The Hall–Kier alpha value is -2.12. The smallest absolute Gasteiger partial charge is 0.254 e. The highest BCUT2D eigenvalue weighted by Crippen LogP contribution is 2.17. The van der Waals surface area contributed by atoms with E-state index in [2.05, 4.69) is 17.1 Å². The molecule has 2 heterocycles. The Balaban J connectivity index is 1.68. The van der Waals surface area contributed by atoms with Crippen LogP contribution in [0.1, 0.15) is 43.5 Å². The van der Waals surface area contributed by atoms with Crippen LogP contribution in [0, 0.1) is 0 Å². The molecule has 2 aliphatic rings. The average Bonchev–Trinajstić information content (AvgIpc) is 2.78. The van der Waals surface area contributed by atoms with Crippen LogP contribution in [0.3, 0.4) is 0 Å². The van der Waals surface area contributed by atoms with Crippen LogP contribution in [0.2, 0.25) is 0 Å². The van der Waals surface area contributed by atoms with Crippen molar-refractivity contribution in [2.24, 2.45) is 0 Å². The molecular formula is C23H36N4O3. The number of carbonyl (C=O) groups excluding carboxylic acids is 2. The van der Waals surface area contributed by atoms with Crippen molar-refractivity contribution >= 4 is 11.8 Å². The SMILES string of the molecule is CCOc1ccc(C(=O)N(CCN2CCCC[C@H]2C)CC(=O)N2CCNCC2)cc1. The van der Waals surface area contributed by atoms with Crippen LogP contribution in [-0.2, 0) is 4.79 Å². The third-order valence-corrected chi connectivity index (χ3v) is 6.09. The van der Waals surface area contributed by atoms with Crippen LogP contribution in [0.5, 0.6) is 5.75 Å². The quantitative estimate of drug-likeness (QED) is 0.701. The fourth-order valence-electron chi connectivity index (χ4n) is 4.21. The molecule has 2 amide bonds. The molecule has 0 saturated carbocycles. The predicted octanol–water partition coefficient (Wildman–Crippen LogP) is 1.83. The number of ether oxygens (including phenoxy) is 1. The monoisotopic (exact) mass is 416 g/mol. The van der Waals surface area contributed by atoms with Gasteiger partial charge in [0.05, 0.1) is 6.61 Å². The Labute approximate surface area is 180 Å². The first kappa shape index (κ1) is 22.6. The molecule has 166 valence electrons. The summed E-state index contributed by atoms with van der Waals surface area (Å²) < 4.78 is 5.49. The molecule has 0 aliphatic carbocycles. The molecule has 2 aliphatic heterocycles. The fraction of sp³-hybridized carbons (Fsp3) is 0.652. The first-order valence-corrected chi connectivity index (χ1v) is 11.3. The van der Waals surface area contributed by atoms with Crippen molar-refractivity contribution in [3.8, 4) is 5.75 Å². The number of benzene rings is 1. The maximum absolute atomic E-state index is 13.3. The zero-order valence-corrected chi connectivity index (χ0v) is 18.4. The Bertz CT molecular complexity index is 688. The fourth-order valence-corrected chi connectivity index (χ4v) is 4.21. The largest absolute Gasteiger partial charge is 0.494 e. The van der Waals surface area contributed by atoms with Gasteiger partial charge in [0.1, 0.15) is 12.3 Å². The van der Waals surface area contributed by atoms with E-state index in [1.165, 1.54) is 19.3 Å². The standard InChI is InChI=1S/C23H36N4O3/c1-3-30-21-9-7-20(8-10-21)23(29)27(17-16-25-13-5-4-6-19(25)2)18-22(28)26-14-11-24-12-15-26/h7-10,19,24H,3-6,11-18H2,1-2H3/t19-/m1/s1. The summed E-state index contributed by atoms with van der Waals surface area (Å²) in [5.41, 5.74) is 0.596. The Kier molecular flexibility index (Phi) is 8.51. The van der Waals surface area contributed by atoms with Gasteiger partial charge >= 0.3 is 0 Å². The number of piperidine rings is 1. The minimum atomic E-state index is -0.0915. The first-order valence-electron chi connectivity index (χ1n) is 11.3. The van der Waals surface area contributed by atoms with Crippen LogP contribution < -0.4 is 10.1 Å². The molecule has 7 nitrogen and oxygen atoms in total. The zero-order valence-electron chi connectivity index (χ0n) is 18.4. The summed E-state index contributed by atoms with van der Waals surface area (Å²) in [6.07, 6.45) is 3.68. The van der Waals surface area contributed by atoms with Crippen molar-refractivity contribution in [3.63, 3.8) is 0 Å². The second-order valence-corrected chi connectivity index (χ2v) is 8.20. The van der Waals surface area contributed by atoms with Crippen LogP contribution in [0.4, 0.5) is 0 Å². The lowest BCUT2D eigenvalue weighted by Gasteiger charge is -2.35. The molecule has 0 spiro atoms. The molecule has 0 aromatic heterocycles. The van der Waals surface area contributed by atoms with Gasteiger partial charge in [0, 0.05) is 50.9 Å². The lowest BCUT2D eigenvalue weighted by molar-refractivity contribution is -0.132. The van der Waals surface area contributed by atoms with Gasteiger partial charge in [-0.1, -0.05) is 6.42 Å². The van der Waals surface area contributed by atoms with Crippen molar-refractivity contribution in [1.29, 1.82) is 0 Å². The number of nitrogens with one attached hydrogen (secondary N) is 1. The number of hydrogen-bond donors (Lipinski definition) is 1. The van der Waals surface area contributed by atoms with E-state index >= 15 is 0 Å². The Morgan fingerprint density at radius 2 is 1.87 bits per heavy atom. The summed E-state index contributed by atoms with van der Waals surface area (Å²) in [5, 5.41) is 3.27. The topological polar surface area (TPSA) is 65.1 Å². The van der Waals surface area contributed by atoms with Crippen LogP contribution in [-0.4, -0.2) is 91.5 Å². The highest BCUT2D eigenvalue weighted by Gasteiger charge is 2.25. The summed E-state index contributed by atoms with van der Waals surface area (Å²) in [5.74, 6) is 0.688. The Morgan fingerprint density at radius 3 is 2.53 bits per heavy atom. The van der Waals surface area contributed by atoms with Gasteiger partial charge in [0.25, 0.3) is 5.91 Å². The number of hydrogen-bond acceptors (Lipinski definition) is 5. The van der Waals surface area contributed by atoms with E-state index in [4.69, 9.17) is 4.74 Å². The molecule has 30 heavy (non-hydrogen) atoms. The van der Waals surface area contributed by atoms with Gasteiger partial charge in [-0.25, -0.2) is 0 Å². The van der Waals surface area contributed by atoms with Crippen molar-refractivity contribution in [3.05, 3.63) is 29.8 Å². The summed E-state index contributed by atoms with van der Waals surface area (Å²) in [7, 11) is 0. The van der Waals surface area contributed by atoms with Crippen molar-refractivity contribution in [1.82, 2.24) is 20.0 Å². The number of likely N-dealkylation sites (tertiary alicyclic amines) is 1. The number of rotatable bonds is 8. The normalized spacial score (nSPS) is 20.1. The minimum Gasteiger partial charge on any atom is -0.494 e. The summed E-state index contributed by atoms with van der Waals surface area (Å²) in [6, 6.07) is 7.75. The molecule has 0 bridgehead atoms. The average molecular weight is 417 g/mol. The number of nitrogens with zero attached hydrogens (tertiary/aromatic N) is 3. The molecule has 0 unspecified atom stereocenters. The summed E-state index contributed by atoms with van der Waals surface area (Å²) >= 11 is 0. The first-order chi connectivity index (χ1) is 14.6. The van der Waals surface area contributed by atoms with Crippen molar-refractivity contribution in [2.45, 2.75) is 39.2 Å². The van der Waals surface area contributed by atoms with Crippen LogP contribution >= 0.6 is 0 Å². The second kappa shape index (κ2) is 11.3. The lowest BCUT2D eigenvalue weighted by Crippen LogP contribution is -2.51. The maximum Gasteiger partial charge on any atom is 0.254 e. The molecule has 1 aromatic rings. The van der Waals surface area contributed by atoms with Gasteiger partial charge in [-0.05, 0) is 57.5 Å². The highest BCUT2D eigenvalue weighted by molar-refractivity contribution is 5.96. The third-order valence-electron chi connectivity index (χ3n) is 6.09. The van der Waals surface area contributed by atoms with Crippen LogP contribution in [0.25, 0.3) is 0 Å². The maximum atomic E-state index is 13.3. The highest BCUT2D eigenvalue weighted by atomic mass is 16.5. The number of carbonyl (C=O) groups is 2. The molecule has 0 radical (unpaired) electrons. The lowest BCUT2D eigenvalue weighted by atomic mass is 10.0. The van der Waals surface area contributed by atoms with Gasteiger partial charge in [-0.15, -0.1) is 0 Å². The molecule has 1 aromatic carbocycles. The van der Waals surface area contributed by atoms with E-state index in [1.807, 2.05) is 24.0 Å². The third kappa shape index (κ3) is 6.19. The van der Waals surface area contributed by atoms with E-state index in [9.17, 15) is 9.59 Å². The molecule has 2 fully saturated rings. The van der Waals surface area contributed by atoms with E-state index in [1.54, 1.807) is 17.0 Å². The van der Waals surface area contributed by atoms with E-state index in [-0.39, 0.29) is 18.4 Å². The van der Waals surface area contributed by atoms with Crippen molar-refractivity contribution in [2.75, 3.05) is 59.0 Å². The predicted molar refractivity (Wildman–Crippen MR) is 118 cm³/mol. The molecule has 3 rings (SSSR count). The summed E-state index contributed by atoms with van der Waals surface area (Å²) in [6.45, 7) is 10.4. The van der Waals surface area contributed by atoms with Gasteiger partial charge in [-0.2, -0.15) is 0 Å². The van der Waals surface area contributed by atoms with Gasteiger partial charge in [-0.3, -0.25) is 14.5 Å². The molecule has 2 saturated heterocycles. The van der Waals surface area contributed by atoms with Gasteiger partial charge in [0.2, 0.25) is 5.91 Å². The summed E-state index contributed by atoms with van der Waals surface area (Å²) in [4.78, 5) is 32.2. The van der Waals surface area contributed by atoms with Crippen LogP contribution in [0.15, 0.2) is 24.3 Å². The molecule has 1 atom stereocenters. The zero-order chi connectivity index (χ0) is 21.3. The van der Waals surface area contributed by atoms with Gasteiger partial charge < -0.3 is 19.9 Å². The number of amides is 2. The molecule has 7 heteroatoms. The van der Waals surface area contributed by atoms with Crippen molar-refractivity contribution < 1.29 is 14.3 Å².